The van der Waals surface area contributed by atoms with Crippen LogP contribution in [0.3, 0.4) is 0 Å². The van der Waals surface area contributed by atoms with E-state index in [9.17, 15) is 0 Å². The Labute approximate surface area is 132 Å². The molecule has 0 aliphatic carbocycles. The Kier molecular flexibility index (Phi) is 7.21. The number of nitrogens with one attached hydrogen (secondary N) is 1. The van der Waals surface area contributed by atoms with E-state index in [1.165, 1.54) is 5.56 Å². The van der Waals surface area contributed by atoms with Crippen molar-refractivity contribution < 1.29 is 4.74 Å². The molecular weight excluding hydrogens is 314 g/mol. The Morgan fingerprint density at radius 3 is 2.25 bits per heavy atom. The highest BCUT2D eigenvalue weighted by molar-refractivity contribution is 9.10. The van der Waals surface area contributed by atoms with Crippen LogP contribution < -0.4 is 5.32 Å². The molecule has 2 nitrogen and oxygen atoms in total. The lowest BCUT2D eigenvalue weighted by molar-refractivity contribution is -0.00628. The minimum atomic E-state index is -0.0598. The summed E-state index contributed by atoms with van der Waals surface area (Å²) in [6, 6.07) is 9.14. The molecule has 0 heterocycles. The van der Waals surface area contributed by atoms with Crippen molar-refractivity contribution in [1.29, 1.82) is 0 Å². The summed E-state index contributed by atoms with van der Waals surface area (Å²) in [5.74, 6) is 0.493. The molecule has 0 saturated heterocycles. The van der Waals surface area contributed by atoms with Gasteiger partial charge in [0.1, 0.15) is 0 Å². The standard InChI is InChI=1S/C17H28BrNO/c1-13(2)19-12-15(10-11-20-17(3,4)5)14-6-8-16(18)9-7-14/h6-9,13,15,19H,10-12H2,1-5H3. The Morgan fingerprint density at radius 1 is 1.15 bits per heavy atom. The molecule has 114 valence electrons. The summed E-state index contributed by atoms with van der Waals surface area (Å²) in [4.78, 5) is 0. The Balaban J connectivity index is 2.62. The third-order valence-corrected chi connectivity index (χ3v) is 3.64. The fraction of sp³-hybridized carbons (Fsp3) is 0.647. The summed E-state index contributed by atoms with van der Waals surface area (Å²) in [6.07, 6.45) is 1.04. The Morgan fingerprint density at radius 2 is 1.75 bits per heavy atom. The van der Waals surface area contributed by atoms with Gasteiger partial charge in [-0.05, 0) is 50.8 Å². The quantitative estimate of drug-likeness (QED) is 0.773. The van der Waals surface area contributed by atoms with Gasteiger partial charge in [-0.25, -0.2) is 0 Å². The van der Waals surface area contributed by atoms with E-state index in [-0.39, 0.29) is 5.60 Å². The summed E-state index contributed by atoms with van der Waals surface area (Å²) in [7, 11) is 0. The fourth-order valence-corrected chi connectivity index (χ4v) is 2.27. The molecule has 1 atom stereocenters. The van der Waals surface area contributed by atoms with Gasteiger partial charge in [-0.3, -0.25) is 0 Å². The van der Waals surface area contributed by atoms with Crippen molar-refractivity contribution in [3.63, 3.8) is 0 Å². The summed E-state index contributed by atoms with van der Waals surface area (Å²) in [5, 5.41) is 3.54. The number of hydrogen-bond acceptors (Lipinski definition) is 2. The van der Waals surface area contributed by atoms with Crippen LogP contribution in [0.4, 0.5) is 0 Å². The molecule has 1 N–H and O–H groups in total. The Bertz CT molecular complexity index is 381. The molecule has 0 aromatic heterocycles. The van der Waals surface area contributed by atoms with E-state index in [0.29, 0.717) is 12.0 Å². The Hall–Kier alpha value is -0.380. The molecule has 0 radical (unpaired) electrons. The van der Waals surface area contributed by atoms with E-state index in [1.807, 2.05) is 0 Å². The molecule has 1 aromatic carbocycles. The second kappa shape index (κ2) is 8.16. The molecule has 0 spiro atoms. The van der Waals surface area contributed by atoms with Crippen LogP contribution in [0.2, 0.25) is 0 Å². The van der Waals surface area contributed by atoms with Crippen molar-refractivity contribution in [2.24, 2.45) is 0 Å². The van der Waals surface area contributed by atoms with Crippen LogP contribution >= 0.6 is 15.9 Å². The van der Waals surface area contributed by atoms with Gasteiger partial charge in [0.25, 0.3) is 0 Å². The molecule has 0 bridgehead atoms. The third-order valence-electron chi connectivity index (χ3n) is 3.12. The van der Waals surface area contributed by atoms with Gasteiger partial charge in [-0.15, -0.1) is 0 Å². The highest BCUT2D eigenvalue weighted by Crippen LogP contribution is 2.22. The predicted molar refractivity (Wildman–Crippen MR) is 90.3 cm³/mol. The average Bonchev–Trinajstić information content (AvgIpc) is 2.33. The normalized spacial score (nSPS) is 13.8. The van der Waals surface area contributed by atoms with E-state index in [4.69, 9.17) is 4.74 Å². The van der Waals surface area contributed by atoms with Gasteiger partial charge in [-0.1, -0.05) is 41.9 Å². The molecule has 1 aromatic rings. The van der Waals surface area contributed by atoms with Gasteiger partial charge in [0.2, 0.25) is 0 Å². The predicted octanol–water partition coefficient (Wildman–Crippen LogP) is 4.74. The zero-order valence-electron chi connectivity index (χ0n) is 13.4. The first-order chi connectivity index (χ1) is 9.28. The van der Waals surface area contributed by atoms with Crippen molar-refractivity contribution in [2.45, 2.75) is 58.6 Å². The summed E-state index contributed by atoms with van der Waals surface area (Å²) in [5.41, 5.74) is 1.31. The van der Waals surface area contributed by atoms with Crippen molar-refractivity contribution >= 4 is 15.9 Å². The molecule has 0 saturated carbocycles. The van der Waals surface area contributed by atoms with E-state index >= 15 is 0 Å². The summed E-state index contributed by atoms with van der Waals surface area (Å²) < 4.78 is 7.00. The van der Waals surface area contributed by atoms with E-state index in [1.54, 1.807) is 0 Å². The molecule has 3 heteroatoms. The SMILES string of the molecule is CC(C)NCC(CCOC(C)(C)C)c1ccc(Br)cc1. The van der Waals surface area contributed by atoms with E-state index < -0.39 is 0 Å². The van der Waals surface area contributed by atoms with Gasteiger partial charge in [0, 0.05) is 23.7 Å². The van der Waals surface area contributed by atoms with Crippen LogP contribution in [0.25, 0.3) is 0 Å². The van der Waals surface area contributed by atoms with Gasteiger partial charge in [-0.2, -0.15) is 0 Å². The zero-order valence-corrected chi connectivity index (χ0v) is 15.0. The third kappa shape index (κ3) is 7.41. The van der Waals surface area contributed by atoms with Crippen LogP contribution in [-0.4, -0.2) is 24.8 Å². The first kappa shape index (κ1) is 17.7. The number of rotatable bonds is 7. The molecule has 1 unspecified atom stereocenters. The highest BCUT2D eigenvalue weighted by Gasteiger charge is 2.15. The maximum Gasteiger partial charge on any atom is 0.0598 e. The largest absolute Gasteiger partial charge is 0.376 e. The molecule has 1 rings (SSSR count). The van der Waals surface area contributed by atoms with E-state index in [2.05, 4.69) is 80.1 Å². The molecule has 0 fully saturated rings. The second-order valence-electron chi connectivity index (χ2n) is 6.56. The van der Waals surface area contributed by atoms with Crippen molar-refractivity contribution in [3.8, 4) is 0 Å². The molecule has 0 amide bonds. The minimum absolute atomic E-state index is 0.0598. The lowest BCUT2D eigenvalue weighted by Crippen LogP contribution is -2.29. The average molecular weight is 342 g/mol. The van der Waals surface area contributed by atoms with Crippen LogP contribution in [-0.2, 0) is 4.74 Å². The lowest BCUT2D eigenvalue weighted by atomic mass is 9.95. The number of ether oxygens (including phenoxy) is 1. The molecule has 0 aliphatic heterocycles. The first-order valence-electron chi connectivity index (χ1n) is 7.41. The van der Waals surface area contributed by atoms with Crippen LogP contribution in [0.15, 0.2) is 28.7 Å². The van der Waals surface area contributed by atoms with Crippen molar-refractivity contribution in [2.75, 3.05) is 13.2 Å². The van der Waals surface area contributed by atoms with Gasteiger partial charge < -0.3 is 10.1 Å². The fourth-order valence-electron chi connectivity index (χ4n) is 2.01. The monoisotopic (exact) mass is 341 g/mol. The van der Waals surface area contributed by atoms with Gasteiger partial charge in [0.05, 0.1) is 5.60 Å². The molecule has 0 aliphatic rings. The van der Waals surface area contributed by atoms with Crippen LogP contribution in [0.5, 0.6) is 0 Å². The smallest absolute Gasteiger partial charge is 0.0598 e. The topological polar surface area (TPSA) is 21.3 Å². The number of benzene rings is 1. The summed E-state index contributed by atoms with van der Waals surface area (Å²) in [6.45, 7) is 12.5. The highest BCUT2D eigenvalue weighted by atomic mass is 79.9. The van der Waals surface area contributed by atoms with Crippen LogP contribution in [0.1, 0.15) is 52.5 Å². The summed E-state index contributed by atoms with van der Waals surface area (Å²) >= 11 is 3.50. The van der Waals surface area contributed by atoms with E-state index in [0.717, 1.165) is 24.0 Å². The molecule has 20 heavy (non-hydrogen) atoms. The zero-order chi connectivity index (χ0) is 15.2. The maximum absolute atomic E-state index is 5.87. The minimum Gasteiger partial charge on any atom is -0.376 e. The van der Waals surface area contributed by atoms with Gasteiger partial charge in [0.15, 0.2) is 0 Å². The number of hydrogen-bond donors (Lipinski definition) is 1. The molecular formula is C17H28BrNO. The lowest BCUT2D eigenvalue weighted by Gasteiger charge is -2.24. The first-order valence-corrected chi connectivity index (χ1v) is 8.20. The number of halogens is 1. The van der Waals surface area contributed by atoms with Crippen LogP contribution in [0, 0.1) is 0 Å². The second-order valence-corrected chi connectivity index (χ2v) is 7.48. The maximum atomic E-state index is 5.87. The van der Waals surface area contributed by atoms with Gasteiger partial charge >= 0.3 is 0 Å². The van der Waals surface area contributed by atoms with Crippen molar-refractivity contribution in [3.05, 3.63) is 34.3 Å². The van der Waals surface area contributed by atoms with Crippen molar-refractivity contribution in [1.82, 2.24) is 5.32 Å².